The number of aromatic nitrogens is 3. The van der Waals surface area contributed by atoms with Crippen molar-refractivity contribution in [1.82, 2.24) is 14.5 Å². The van der Waals surface area contributed by atoms with Crippen molar-refractivity contribution in [2.75, 3.05) is 12.9 Å². The monoisotopic (exact) mass is 407 g/mol. The molecule has 0 aliphatic carbocycles. The Morgan fingerprint density at radius 3 is 2.73 bits per heavy atom. The zero-order valence-electron chi connectivity index (χ0n) is 15.4. The van der Waals surface area contributed by atoms with Crippen LogP contribution in [0.1, 0.15) is 0 Å². The zero-order valence-corrected chi connectivity index (χ0v) is 17.9. The molecule has 2 heterocycles. The van der Waals surface area contributed by atoms with Gasteiger partial charge in [0.05, 0.1) is 10.9 Å². The minimum absolute atomic E-state index is 0.108. The first-order valence-corrected chi connectivity index (χ1v) is 13.7. The summed E-state index contributed by atoms with van der Waals surface area (Å²) in [5.74, 6) is 0. The van der Waals surface area contributed by atoms with Gasteiger partial charge in [0.1, 0.15) is 6.73 Å². The Hall–Kier alpha value is -1.41. The SMILES string of the molecule is CSc1ncc2c(=O)c3cc(Cl)ccc3n(COCC[Si](C)(C)C)c2n1. The van der Waals surface area contributed by atoms with Crippen molar-refractivity contribution in [2.24, 2.45) is 0 Å². The average Bonchev–Trinajstić information content (AvgIpc) is 2.60. The zero-order chi connectivity index (χ0) is 18.9. The third-order valence-corrected chi connectivity index (χ3v) is 6.64. The number of halogens is 1. The second kappa shape index (κ2) is 7.68. The Labute approximate surface area is 162 Å². The summed E-state index contributed by atoms with van der Waals surface area (Å²) in [4.78, 5) is 21.7. The number of fused-ring (bicyclic) bond motifs is 2. The standard InChI is InChI=1S/C18H22ClN3O2SSi/c1-25-18-20-10-14-16(23)13-9-12(19)5-6-15(13)22(17(14)21-18)11-24-7-8-26(2,3)4/h5-6,9-10H,7-8,11H2,1-4H3. The molecule has 0 aliphatic rings. The molecule has 1 aromatic carbocycles. The fraction of sp³-hybridized carbons (Fsp3) is 0.389. The quantitative estimate of drug-likeness (QED) is 0.196. The van der Waals surface area contributed by atoms with Gasteiger partial charge in [-0.2, -0.15) is 0 Å². The third kappa shape index (κ3) is 4.11. The van der Waals surface area contributed by atoms with E-state index in [9.17, 15) is 4.79 Å². The van der Waals surface area contributed by atoms with Crippen LogP contribution in [-0.4, -0.2) is 35.5 Å². The molecule has 26 heavy (non-hydrogen) atoms. The van der Waals surface area contributed by atoms with E-state index in [0.29, 0.717) is 39.9 Å². The molecule has 0 saturated carbocycles. The van der Waals surface area contributed by atoms with Gasteiger partial charge in [0.2, 0.25) is 0 Å². The topological polar surface area (TPSA) is 57.0 Å². The van der Waals surface area contributed by atoms with E-state index in [4.69, 9.17) is 16.3 Å². The van der Waals surface area contributed by atoms with Crippen LogP contribution < -0.4 is 5.43 Å². The van der Waals surface area contributed by atoms with E-state index in [1.807, 2.05) is 16.9 Å². The van der Waals surface area contributed by atoms with Crippen molar-refractivity contribution in [3.63, 3.8) is 0 Å². The number of pyridine rings is 1. The summed E-state index contributed by atoms with van der Waals surface area (Å²) in [6, 6.07) is 6.41. The number of thioether (sulfide) groups is 1. The third-order valence-electron chi connectivity index (χ3n) is 4.14. The minimum Gasteiger partial charge on any atom is -0.361 e. The Balaban J connectivity index is 2.12. The summed E-state index contributed by atoms with van der Waals surface area (Å²) in [5, 5.41) is 2.19. The number of benzene rings is 1. The van der Waals surface area contributed by atoms with E-state index in [1.54, 1.807) is 18.3 Å². The Bertz CT molecular complexity index is 1020. The molecule has 8 heteroatoms. The molecule has 0 aliphatic heterocycles. The summed E-state index contributed by atoms with van der Waals surface area (Å²) in [5.41, 5.74) is 1.26. The largest absolute Gasteiger partial charge is 0.361 e. The van der Waals surface area contributed by atoms with E-state index in [1.165, 1.54) is 11.8 Å². The maximum Gasteiger partial charge on any atom is 0.200 e. The first-order chi connectivity index (χ1) is 12.3. The lowest BCUT2D eigenvalue weighted by atomic mass is 10.1. The number of hydrogen-bond donors (Lipinski definition) is 0. The second-order valence-corrected chi connectivity index (χ2v) is 14.2. The van der Waals surface area contributed by atoms with Gasteiger partial charge in [-0.25, -0.2) is 9.97 Å². The Morgan fingerprint density at radius 2 is 2.04 bits per heavy atom. The van der Waals surface area contributed by atoms with Crippen molar-refractivity contribution < 1.29 is 4.74 Å². The molecular formula is C18H22ClN3O2SSi. The number of ether oxygens (including phenoxy) is 1. The van der Waals surface area contributed by atoms with Crippen molar-refractivity contribution in [1.29, 1.82) is 0 Å². The molecular weight excluding hydrogens is 386 g/mol. The lowest BCUT2D eigenvalue weighted by molar-refractivity contribution is 0.0922. The number of hydrogen-bond acceptors (Lipinski definition) is 5. The van der Waals surface area contributed by atoms with Gasteiger partial charge in [0, 0.05) is 31.3 Å². The van der Waals surface area contributed by atoms with Gasteiger partial charge in [-0.15, -0.1) is 0 Å². The predicted molar refractivity (Wildman–Crippen MR) is 112 cm³/mol. The first-order valence-electron chi connectivity index (χ1n) is 8.41. The van der Waals surface area contributed by atoms with Crippen LogP contribution in [0.2, 0.25) is 30.7 Å². The highest BCUT2D eigenvalue weighted by Gasteiger charge is 2.15. The fourth-order valence-corrected chi connectivity index (χ4v) is 3.94. The molecule has 138 valence electrons. The lowest BCUT2D eigenvalue weighted by Crippen LogP contribution is -2.22. The van der Waals surface area contributed by atoms with Crippen LogP contribution >= 0.6 is 23.4 Å². The molecule has 0 spiro atoms. The molecule has 0 saturated heterocycles. The number of nitrogens with zero attached hydrogens (tertiary/aromatic N) is 3. The fourth-order valence-electron chi connectivity index (χ4n) is 2.67. The molecule has 0 fully saturated rings. The van der Waals surface area contributed by atoms with E-state index >= 15 is 0 Å². The normalized spacial score (nSPS) is 12.2. The van der Waals surface area contributed by atoms with E-state index in [2.05, 4.69) is 29.6 Å². The molecule has 0 radical (unpaired) electrons. The maximum absolute atomic E-state index is 12.9. The second-order valence-electron chi connectivity index (χ2n) is 7.36. The average molecular weight is 408 g/mol. The predicted octanol–water partition coefficient (Wildman–Crippen LogP) is 4.63. The van der Waals surface area contributed by atoms with Crippen LogP contribution in [0.3, 0.4) is 0 Å². The summed E-state index contributed by atoms with van der Waals surface area (Å²) >= 11 is 7.55. The van der Waals surface area contributed by atoms with E-state index in [-0.39, 0.29) is 5.43 Å². The van der Waals surface area contributed by atoms with Crippen molar-refractivity contribution in [3.8, 4) is 0 Å². The van der Waals surface area contributed by atoms with Crippen molar-refractivity contribution in [3.05, 3.63) is 39.6 Å². The summed E-state index contributed by atoms with van der Waals surface area (Å²) < 4.78 is 7.89. The van der Waals surface area contributed by atoms with Crippen LogP contribution in [-0.2, 0) is 11.5 Å². The Kier molecular flexibility index (Phi) is 5.72. The van der Waals surface area contributed by atoms with Crippen LogP contribution in [0.25, 0.3) is 21.9 Å². The van der Waals surface area contributed by atoms with Gasteiger partial charge in [0.15, 0.2) is 16.2 Å². The van der Waals surface area contributed by atoms with E-state index < -0.39 is 8.07 Å². The molecule has 0 bridgehead atoms. The molecule has 5 nitrogen and oxygen atoms in total. The van der Waals surface area contributed by atoms with E-state index in [0.717, 1.165) is 11.6 Å². The molecule has 0 atom stereocenters. The molecule has 0 amide bonds. The van der Waals surface area contributed by atoms with Crippen LogP contribution in [0, 0.1) is 0 Å². The highest BCUT2D eigenvalue weighted by Crippen LogP contribution is 2.22. The van der Waals surface area contributed by atoms with Crippen LogP contribution in [0.15, 0.2) is 34.3 Å². The van der Waals surface area contributed by atoms with Gasteiger partial charge < -0.3 is 9.30 Å². The number of rotatable bonds is 6. The van der Waals surface area contributed by atoms with Gasteiger partial charge in [-0.05, 0) is 30.5 Å². The lowest BCUT2D eigenvalue weighted by Gasteiger charge is -2.18. The molecule has 3 aromatic rings. The molecule has 0 unspecified atom stereocenters. The van der Waals surface area contributed by atoms with Gasteiger partial charge in [-0.3, -0.25) is 4.79 Å². The highest BCUT2D eigenvalue weighted by atomic mass is 35.5. The molecule has 0 N–H and O–H groups in total. The van der Waals surface area contributed by atoms with Gasteiger partial charge in [-0.1, -0.05) is 43.0 Å². The summed E-state index contributed by atoms with van der Waals surface area (Å²) in [6.45, 7) is 7.99. The smallest absolute Gasteiger partial charge is 0.200 e. The summed E-state index contributed by atoms with van der Waals surface area (Å²) in [7, 11) is -1.16. The van der Waals surface area contributed by atoms with Gasteiger partial charge in [0.25, 0.3) is 0 Å². The molecule has 3 rings (SSSR count). The van der Waals surface area contributed by atoms with Gasteiger partial charge >= 0.3 is 0 Å². The highest BCUT2D eigenvalue weighted by molar-refractivity contribution is 7.98. The van der Waals surface area contributed by atoms with Crippen molar-refractivity contribution >= 4 is 53.4 Å². The first kappa shape index (κ1) is 19.4. The van der Waals surface area contributed by atoms with Crippen molar-refractivity contribution in [2.45, 2.75) is 37.6 Å². The summed E-state index contributed by atoms with van der Waals surface area (Å²) in [6.07, 6.45) is 3.50. The van der Waals surface area contributed by atoms with Crippen LogP contribution in [0.4, 0.5) is 0 Å². The molecule has 2 aromatic heterocycles. The van der Waals surface area contributed by atoms with Crippen LogP contribution in [0.5, 0.6) is 0 Å². The Morgan fingerprint density at radius 1 is 1.27 bits per heavy atom. The maximum atomic E-state index is 12.9. The minimum atomic E-state index is -1.16.